The Balaban J connectivity index is 1.44. The molecule has 0 aliphatic carbocycles. The van der Waals surface area contributed by atoms with Crippen LogP contribution in [0.25, 0.3) is 52.5 Å². The van der Waals surface area contributed by atoms with Crippen LogP contribution in [0.2, 0.25) is 33.2 Å². The molecule has 0 unspecified atom stereocenters. The zero-order valence-electron chi connectivity index (χ0n) is 31.1. The van der Waals surface area contributed by atoms with Crippen LogP contribution in [0.15, 0.2) is 60.7 Å². The van der Waals surface area contributed by atoms with Crippen molar-refractivity contribution in [2.75, 3.05) is 0 Å². The van der Waals surface area contributed by atoms with Crippen molar-refractivity contribution >= 4 is 91.3 Å². The summed E-state index contributed by atoms with van der Waals surface area (Å²) >= 11 is 3.70. The fourth-order valence-corrected chi connectivity index (χ4v) is 21.8. The summed E-state index contributed by atoms with van der Waals surface area (Å²) in [4.78, 5) is 2.39. The number of rotatable bonds is 6. The average molecular weight is 701 g/mol. The van der Waals surface area contributed by atoms with E-state index in [1.165, 1.54) is 62.2 Å². The van der Waals surface area contributed by atoms with Crippen molar-refractivity contribution in [2.24, 2.45) is 0 Å². The summed E-state index contributed by atoms with van der Waals surface area (Å²) in [6, 6.07) is 23.5. The number of fused-ring (bicyclic) bond motifs is 7. The molecule has 0 radical (unpaired) electrons. The summed E-state index contributed by atoms with van der Waals surface area (Å²) in [6.45, 7) is 28.7. The Bertz CT molecular complexity index is 2080. The molecule has 0 aliphatic rings. The van der Waals surface area contributed by atoms with Gasteiger partial charge in [-0.15, -0.1) is 33.8 Å². The lowest BCUT2D eigenvalue weighted by molar-refractivity contribution is 0.838. The molecule has 4 heteroatoms. The summed E-state index contributed by atoms with van der Waals surface area (Å²) in [5, 5.41) is 10.5. The summed E-state index contributed by atoms with van der Waals surface area (Å²) in [5.74, 6) is 7.42. The van der Waals surface area contributed by atoms with Crippen LogP contribution in [-0.4, -0.2) is 16.1 Å². The number of hydrogen-bond donors (Lipinski definition) is 0. The Morgan fingerprint density at radius 2 is 0.729 bits per heavy atom. The molecular weight excluding hydrogens is 649 g/mol. The van der Waals surface area contributed by atoms with Crippen LogP contribution in [0.5, 0.6) is 0 Å². The van der Waals surface area contributed by atoms with Crippen molar-refractivity contribution < 1.29 is 0 Å². The standard InChI is InChI=1S/C44H52S2Si2/c1-27(2)47(28(3)4,29(5)6)19-17-37-21-35-23-41-33(25-43(35)45-37)13-15-40-39(41)16-14-34-26-44-36(24-42(34)40)22-38(46-44)18-20-48(30(7)8,31(9)10)32(11)12/h13-16,21-32H,1-12H3. The first-order chi connectivity index (χ1) is 22.7. The van der Waals surface area contributed by atoms with Crippen LogP contribution in [0.4, 0.5) is 0 Å². The molecule has 0 saturated carbocycles. The molecule has 6 aromatic rings. The van der Waals surface area contributed by atoms with Crippen molar-refractivity contribution in [1.82, 2.24) is 0 Å². The van der Waals surface area contributed by atoms with Gasteiger partial charge in [0.2, 0.25) is 0 Å². The lowest BCUT2D eigenvalue weighted by Gasteiger charge is -2.38. The molecule has 0 saturated heterocycles. The third-order valence-corrected chi connectivity index (χ3v) is 26.2. The second-order valence-corrected chi connectivity index (χ2v) is 29.3. The molecule has 0 aliphatic heterocycles. The van der Waals surface area contributed by atoms with Crippen molar-refractivity contribution in [2.45, 2.75) is 116 Å². The van der Waals surface area contributed by atoms with Crippen LogP contribution in [0, 0.1) is 22.9 Å². The Morgan fingerprint density at radius 3 is 1.04 bits per heavy atom. The Kier molecular flexibility index (Phi) is 9.55. The molecule has 0 spiro atoms. The van der Waals surface area contributed by atoms with Gasteiger partial charge in [0, 0.05) is 9.40 Å². The van der Waals surface area contributed by atoms with Gasteiger partial charge in [-0.25, -0.2) is 0 Å². The van der Waals surface area contributed by atoms with E-state index in [4.69, 9.17) is 0 Å². The van der Waals surface area contributed by atoms with E-state index < -0.39 is 16.1 Å². The van der Waals surface area contributed by atoms with Crippen LogP contribution in [0.3, 0.4) is 0 Å². The van der Waals surface area contributed by atoms with E-state index in [0.717, 1.165) is 0 Å². The minimum absolute atomic E-state index is 0.638. The second kappa shape index (κ2) is 13.1. The molecule has 6 rings (SSSR count). The van der Waals surface area contributed by atoms with Gasteiger partial charge in [0.25, 0.3) is 0 Å². The Hall–Kier alpha value is -2.87. The van der Waals surface area contributed by atoms with Gasteiger partial charge in [-0.2, -0.15) is 0 Å². The lowest BCUT2D eigenvalue weighted by Crippen LogP contribution is -2.43. The maximum absolute atomic E-state index is 3.94. The van der Waals surface area contributed by atoms with Crippen molar-refractivity contribution in [3.63, 3.8) is 0 Å². The smallest absolute Gasteiger partial charge is 0.127 e. The molecule has 2 aromatic heterocycles. The normalized spacial score (nSPS) is 13.0. The molecule has 0 fully saturated rings. The van der Waals surface area contributed by atoms with E-state index in [1.54, 1.807) is 0 Å². The topological polar surface area (TPSA) is 0 Å². The van der Waals surface area contributed by atoms with Gasteiger partial charge >= 0.3 is 0 Å². The minimum Gasteiger partial charge on any atom is -0.127 e. The molecule has 0 nitrogen and oxygen atoms in total. The third kappa shape index (κ3) is 5.78. The molecule has 4 aromatic carbocycles. The fourth-order valence-electron chi connectivity index (χ4n) is 9.27. The highest BCUT2D eigenvalue weighted by Gasteiger charge is 2.42. The molecule has 0 atom stereocenters. The zero-order chi connectivity index (χ0) is 34.7. The maximum atomic E-state index is 3.94. The van der Waals surface area contributed by atoms with Crippen LogP contribution < -0.4 is 0 Å². The highest BCUT2D eigenvalue weighted by Crippen LogP contribution is 2.43. The summed E-state index contributed by atoms with van der Waals surface area (Å²) in [7, 11) is -3.55. The van der Waals surface area contributed by atoms with Crippen LogP contribution in [-0.2, 0) is 0 Å². The minimum atomic E-state index is -1.77. The van der Waals surface area contributed by atoms with E-state index in [1.807, 2.05) is 22.7 Å². The summed E-state index contributed by atoms with van der Waals surface area (Å²) in [6.07, 6.45) is 0. The lowest BCUT2D eigenvalue weighted by atomic mass is 9.96. The van der Waals surface area contributed by atoms with Gasteiger partial charge < -0.3 is 0 Å². The third-order valence-electron chi connectivity index (χ3n) is 11.6. The first kappa shape index (κ1) is 35.0. The Labute approximate surface area is 299 Å². The number of thiophene rings is 2. The molecule has 48 heavy (non-hydrogen) atoms. The first-order valence-electron chi connectivity index (χ1n) is 18.0. The first-order valence-corrected chi connectivity index (χ1v) is 24.1. The second-order valence-electron chi connectivity index (χ2n) is 16.0. The van der Waals surface area contributed by atoms with E-state index in [9.17, 15) is 0 Å². The average Bonchev–Trinajstić information content (AvgIpc) is 3.60. The van der Waals surface area contributed by atoms with E-state index in [-0.39, 0.29) is 0 Å². The quantitative estimate of drug-likeness (QED) is 0.0922. The van der Waals surface area contributed by atoms with Crippen molar-refractivity contribution in [3.8, 4) is 22.9 Å². The monoisotopic (exact) mass is 700 g/mol. The van der Waals surface area contributed by atoms with Gasteiger partial charge in [-0.3, -0.25) is 0 Å². The molecule has 0 bridgehead atoms. The van der Waals surface area contributed by atoms with Gasteiger partial charge in [-0.1, -0.05) is 119 Å². The summed E-state index contributed by atoms with van der Waals surface area (Å²) < 4.78 is 2.65. The maximum Gasteiger partial charge on any atom is 0.146 e. The molecular formula is C44H52S2Si2. The molecule has 2 heterocycles. The van der Waals surface area contributed by atoms with Crippen molar-refractivity contribution in [1.29, 1.82) is 0 Å². The van der Waals surface area contributed by atoms with Gasteiger partial charge in [-0.05, 0) is 113 Å². The van der Waals surface area contributed by atoms with E-state index in [0.29, 0.717) is 33.2 Å². The van der Waals surface area contributed by atoms with Crippen LogP contribution >= 0.6 is 22.7 Å². The highest BCUT2D eigenvalue weighted by molar-refractivity contribution is 7.20. The molecule has 248 valence electrons. The van der Waals surface area contributed by atoms with Gasteiger partial charge in [0.15, 0.2) is 0 Å². The predicted octanol–water partition coefficient (Wildman–Crippen LogP) is 14.7. The number of benzene rings is 4. The van der Waals surface area contributed by atoms with Gasteiger partial charge in [0.05, 0.1) is 9.75 Å². The Morgan fingerprint density at radius 1 is 0.396 bits per heavy atom. The van der Waals surface area contributed by atoms with Gasteiger partial charge in [0.1, 0.15) is 16.1 Å². The fraction of sp³-hybridized carbons (Fsp3) is 0.409. The van der Waals surface area contributed by atoms with Crippen LogP contribution in [0.1, 0.15) is 92.8 Å². The SMILES string of the molecule is CC(C)[Si](C#Cc1cc2cc3c(ccc4c5cc6cc(C#C[Si](C(C)C)(C(C)C)C(C)C)sc6cc5ccc34)cc2s1)(C(C)C)C(C)C. The van der Waals surface area contributed by atoms with Crippen molar-refractivity contribution in [3.05, 3.63) is 70.4 Å². The highest BCUT2D eigenvalue weighted by atomic mass is 32.1. The molecule has 0 N–H and O–H groups in total. The largest absolute Gasteiger partial charge is 0.146 e. The summed E-state index contributed by atoms with van der Waals surface area (Å²) in [5.41, 5.74) is 11.7. The van der Waals surface area contributed by atoms with E-state index in [2.05, 4.69) is 167 Å². The number of hydrogen-bond acceptors (Lipinski definition) is 2. The molecule has 0 amide bonds. The predicted molar refractivity (Wildman–Crippen MR) is 226 cm³/mol. The zero-order valence-corrected chi connectivity index (χ0v) is 34.7. The van der Waals surface area contributed by atoms with E-state index >= 15 is 0 Å².